The van der Waals surface area contributed by atoms with Gasteiger partial charge in [-0.25, -0.2) is 0 Å². The summed E-state index contributed by atoms with van der Waals surface area (Å²) in [5.41, 5.74) is 1.61. The molecule has 0 fully saturated rings. The summed E-state index contributed by atoms with van der Waals surface area (Å²) in [6, 6.07) is 0. The molecule has 0 aliphatic rings. The minimum atomic E-state index is -0.0350. The summed E-state index contributed by atoms with van der Waals surface area (Å²) in [4.78, 5) is 0. The van der Waals surface area contributed by atoms with Gasteiger partial charge in [0, 0.05) is 78.7 Å². The second-order valence-electron chi connectivity index (χ2n) is 2.00. The molecule has 0 aromatic heterocycles. The zero-order valence-corrected chi connectivity index (χ0v) is 12.8. The van der Waals surface area contributed by atoms with Gasteiger partial charge in [0.1, 0.15) is 0 Å². The molecule has 0 amide bonds. The van der Waals surface area contributed by atoms with E-state index in [1.165, 1.54) is 0 Å². The molecule has 2 radical (unpaired) electrons. The third kappa shape index (κ3) is 11.4. The number of hydrogen-bond donors (Lipinski definition) is 0. The average Bonchev–Trinajstić information content (AvgIpc) is 1.36. The Morgan fingerprint density at radius 1 is 1.00 bits per heavy atom. The van der Waals surface area contributed by atoms with Crippen LogP contribution in [-0.2, 0) is 65.4 Å². The quantitative estimate of drug-likeness (QED) is 0.510. The first-order valence-electron chi connectivity index (χ1n) is 2.25. The van der Waals surface area contributed by atoms with Crippen LogP contribution in [0, 0.1) is 5.66 Å². The fourth-order valence-corrected chi connectivity index (χ4v) is 0. The van der Waals surface area contributed by atoms with E-state index < -0.39 is 0 Å². The van der Waals surface area contributed by atoms with Crippen LogP contribution in [0.5, 0.6) is 0 Å². The van der Waals surface area contributed by atoms with Crippen LogP contribution >= 0.6 is 7.92 Å². The fourth-order valence-electron chi connectivity index (χ4n) is 0. The van der Waals surface area contributed by atoms with Crippen LogP contribution in [0.15, 0.2) is 0 Å². The molecule has 0 unspecified atom stereocenters. The largest absolute Gasteiger partial charge is 0.160 e. The molecule has 0 aromatic carbocycles. The molecular formula is C5H13PY2. The molecule has 44 valence electrons. The van der Waals surface area contributed by atoms with Crippen LogP contribution in [0.2, 0.25) is 0 Å². The smallest absolute Gasteiger partial charge is 0.0200 e. The van der Waals surface area contributed by atoms with E-state index in [1.54, 1.807) is 5.66 Å². The van der Waals surface area contributed by atoms with Crippen molar-refractivity contribution in [3.8, 4) is 0 Å². The van der Waals surface area contributed by atoms with Gasteiger partial charge >= 0.3 is 0 Å². The summed E-state index contributed by atoms with van der Waals surface area (Å²) < 4.78 is 0. The molecule has 0 nitrogen and oxygen atoms in total. The fraction of sp³-hybridized carbons (Fsp3) is 0.800. The maximum absolute atomic E-state index is 2.31. The number of rotatable bonds is 1. The van der Waals surface area contributed by atoms with Gasteiger partial charge in [0.2, 0.25) is 0 Å². The third-order valence-electron chi connectivity index (χ3n) is 1.00. The van der Waals surface area contributed by atoms with E-state index in [2.05, 4.69) is 27.2 Å². The summed E-state index contributed by atoms with van der Waals surface area (Å²) in [5, 5.41) is 0. The van der Waals surface area contributed by atoms with Crippen LogP contribution in [0.3, 0.4) is 0 Å². The van der Waals surface area contributed by atoms with E-state index >= 15 is 0 Å². The molecule has 0 atom stereocenters. The first kappa shape index (κ1) is 16.9. The minimum Gasteiger partial charge on any atom is -0.160 e. The third-order valence-corrected chi connectivity index (χ3v) is 3.00. The van der Waals surface area contributed by atoms with E-state index in [9.17, 15) is 0 Å². The Labute approximate surface area is 104 Å². The molecule has 0 aliphatic carbocycles. The summed E-state index contributed by atoms with van der Waals surface area (Å²) in [5.74, 6) is 0. The molecule has 0 aliphatic heterocycles. The predicted octanol–water partition coefficient (Wildman–Crippen LogP) is 2.03. The topological polar surface area (TPSA) is 0 Å². The van der Waals surface area contributed by atoms with Gasteiger partial charge in [0.15, 0.2) is 0 Å². The van der Waals surface area contributed by atoms with Crippen LogP contribution in [0.1, 0.15) is 13.8 Å². The van der Waals surface area contributed by atoms with Crippen molar-refractivity contribution >= 4 is 7.92 Å². The molecule has 0 heterocycles. The van der Waals surface area contributed by atoms with Gasteiger partial charge in [-0.2, -0.15) is 19.5 Å². The van der Waals surface area contributed by atoms with Gasteiger partial charge in [0.25, 0.3) is 0 Å². The van der Waals surface area contributed by atoms with Gasteiger partial charge < -0.3 is 0 Å². The Balaban J connectivity index is -0.000000125. The van der Waals surface area contributed by atoms with Gasteiger partial charge in [0.05, 0.1) is 0 Å². The van der Waals surface area contributed by atoms with Gasteiger partial charge in [-0.15, -0.1) is 7.92 Å². The zero-order valence-electron chi connectivity index (χ0n) is 6.15. The minimum absolute atomic E-state index is 0. The Morgan fingerprint density at radius 3 is 1.12 bits per heavy atom. The Hall–Kier alpha value is 2.64. The molecule has 8 heavy (non-hydrogen) atoms. The molecule has 0 aromatic rings. The molecule has 3 heteroatoms. The van der Waals surface area contributed by atoms with Crippen LogP contribution in [0.25, 0.3) is 0 Å². The Bertz CT molecular complexity index is 31.4. The van der Waals surface area contributed by atoms with Crippen LogP contribution in [-0.4, -0.2) is 13.3 Å². The first-order chi connectivity index (χ1) is 2.64. The summed E-state index contributed by atoms with van der Waals surface area (Å²) in [7, 11) is -0.0350. The number of hydrogen-bond acceptors (Lipinski definition) is 0. The second kappa shape index (κ2) is 9.64. The molecule has 0 rings (SSSR count). The molecule has 0 bridgehead atoms. The van der Waals surface area contributed by atoms with Crippen molar-refractivity contribution in [2.45, 2.75) is 13.8 Å². The molecular weight excluding hydrogens is 269 g/mol. The monoisotopic (exact) mass is 282 g/mol. The van der Waals surface area contributed by atoms with E-state index in [0.29, 0.717) is 0 Å². The first-order valence-corrected chi connectivity index (χ1v) is 4.75. The van der Waals surface area contributed by atoms with Crippen molar-refractivity contribution in [3.05, 3.63) is 5.66 Å². The SMILES string of the molecule is C[C-](C)[PH+](C)C.[Y].[Y]. The van der Waals surface area contributed by atoms with Gasteiger partial charge in [-0.1, -0.05) is 0 Å². The van der Waals surface area contributed by atoms with Crippen molar-refractivity contribution in [2.24, 2.45) is 0 Å². The molecule has 0 N–H and O–H groups in total. The van der Waals surface area contributed by atoms with Crippen LogP contribution in [0.4, 0.5) is 0 Å². The predicted molar refractivity (Wildman–Crippen MR) is 34.8 cm³/mol. The van der Waals surface area contributed by atoms with E-state index in [0.717, 1.165) is 0 Å². The Morgan fingerprint density at radius 2 is 1.12 bits per heavy atom. The van der Waals surface area contributed by atoms with E-state index in [1.807, 2.05) is 0 Å². The van der Waals surface area contributed by atoms with Gasteiger partial charge in [-0.05, 0) is 0 Å². The zero-order chi connectivity index (χ0) is 5.15. The maximum atomic E-state index is 2.31. The standard InChI is InChI=1S/C5H13P.2Y/c1-5(2)6(3)4;;/h6H,1-4H3;;. The summed E-state index contributed by atoms with van der Waals surface area (Å²) in [6.07, 6.45) is 0. The second-order valence-corrected chi connectivity index (χ2v) is 5.00. The maximum Gasteiger partial charge on any atom is 0.0200 e. The summed E-state index contributed by atoms with van der Waals surface area (Å²) >= 11 is 0. The normalized spacial score (nSPS) is 8.25. The van der Waals surface area contributed by atoms with Crippen molar-refractivity contribution < 1.29 is 65.4 Å². The Kier molecular flexibility index (Phi) is 20.4. The molecule has 0 spiro atoms. The van der Waals surface area contributed by atoms with Crippen molar-refractivity contribution in [2.75, 3.05) is 13.3 Å². The molecule has 0 saturated carbocycles. The van der Waals surface area contributed by atoms with Crippen LogP contribution < -0.4 is 0 Å². The van der Waals surface area contributed by atoms with Crippen molar-refractivity contribution in [1.29, 1.82) is 0 Å². The van der Waals surface area contributed by atoms with Gasteiger partial charge in [-0.3, -0.25) is 0 Å². The van der Waals surface area contributed by atoms with Crippen molar-refractivity contribution in [3.63, 3.8) is 0 Å². The average molecular weight is 282 g/mol. The molecule has 0 saturated heterocycles. The van der Waals surface area contributed by atoms with E-state index in [4.69, 9.17) is 0 Å². The van der Waals surface area contributed by atoms with E-state index in [-0.39, 0.29) is 73.3 Å². The van der Waals surface area contributed by atoms with Crippen molar-refractivity contribution in [1.82, 2.24) is 0 Å². The summed E-state index contributed by atoms with van der Waals surface area (Å²) in [6.45, 7) is 9.02.